The molecule has 0 heterocycles. The van der Waals surface area contributed by atoms with Crippen molar-refractivity contribution in [2.75, 3.05) is 14.2 Å². The van der Waals surface area contributed by atoms with Crippen LogP contribution in [0.1, 0.15) is 10.4 Å². The normalized spacial score (nSPS) is 12.0. The smallest absolute Gasteiger partial charge is 0.202 e. The molecular formula is C10H11BrO4. The summed E-state index contributed by atoms with van der Waals surface area (Å²) in [5.41, 5.74) is 0.358. The molecule has 0 aromatic heterocycles. The van der Waals surface area contributed by atoms with Crippen LogP contribution in [0.4, 0.5) is 0 Å². The van der Waals surface area contributed by atoms with Crippen molar-refractivity contribution in [2.24, 2.45) is 0 Å². The number of ether oxygens (including phenoxy) is 2. The zero-order chi connectivity index (χ0) is 11.4. The zero-order valence-corrected chi connectivity index (χ0v) is 9.95. The van der Waals surface area contributed by atoms with Gasteiger partial charge >= 0.3 is 0 Å². The van der Waals surface area contributed by atoms with Crippen LogP contribution in [0.2, 0.25) is 0 Å². The molecule has 1 aromatic rings. The van der Waals surface area contributed by atoms with Crippen LogP contribution < -0.4 is 9.47 Å². The van der Waals surface area contributed by atoms with Crippen molar-refractivity contribution in [1.29, 1.82) is 0 Å². The van der Waals surface area contributed by atoms with Crippen molar-refractivity contribution >= 4 is 21.7 Å². The van der Waals surface area contributed by atoms with E-state index < -0.39 is 10.8 Å². The number of benzene rings is 1. The second-order valence-corrected chi connectivity index (χ2v) is 3.64. The number of alkyl halides is 1. The molecule has 15 heavy (non-hydrogen) atoms. The van der Waals surface area contributed by atoms with Crippen LogP contribution in [-0.4, -0.2) is 30.1 Å². The van der Waals surface area contributed by atoms with Crippen LogP contribution >= 0.6 is 15.9 Å². The quantitative estimate of drug-likeness (QED) is 0.670. The predicted molar refractivity (Wildman–Crippen MR) is 58.8 cm³/mol. The fraction of sp³-hybridized carbons (Fsp3) is 0.300. The number of aliphatic hydroxyl groups is 1. The van der Waals surface area contributed by atoms with Crippen molar-refractivity contribution in [1.82, 2.24) is 0 Å². The molecule has 0 saturated heterocycles. The Morgan fingerprint density at radius 2 is 1.93 bits per heavy atom. The lowest BCUT2D eigenvalue weighted by Gasteiger charge is -2.09. The highest BCUT2D eigenvalue weighted by atomic mass is 79.9. The van der Waals surface area contributed by atoms with Gasteiger partial charge in [-0.25, -0.2) is 0 Å². The van der Waals surface area contributed by atoms with Gasteiger partial charge < -0.3 is 14.6 Å². The second-order valence-electron chi connectivity index (χ2n) is 2.77. The molecule has 1 N–H and O–H groups in total. The standard InChI is InChI=1S/C10H11BrO4/c1-14-7-4-3-6(5-8(7)15-2)9(12)10(11)13/h3-5,10,13H,1-2H3. The molecule has 1 atom stereocenters. The number of ketones is 1. The van der Waals surface area contributed by atoms with Gasteiger partial charge in [0.05, 0.1) is 14.2 Å². The maximum absolute atomic E-state index is 11.4. The molecule has 4 nitrogen and oxygen atoms in total. The minimum atomic E-state index is -1.20. The SMILES string of the molecule is COc1ccc(C(=O)C(O)Br)cc1OC. The predicted octanol–water partition coefficient (Wildman–Crippen LogP) is 1.60. The van der Waals surface area contributed by atoms with Gasteiger partial charge in [-0.15, -0.1) is 0 Å². The van der Waals surface area contributed by atoms with E-state index in [4.69, 9.17) is 14.6 Å². The Balaban J connectivity index is 3.08. The molecule has 1 rings (SSSR count). The monoisotopic (exact) mass is 274 g/mol. The Hall–Kier alpha value is -1.07. The van der Waals surface area contributed by atoms with Crippen molar-refractivity contribution in [3.63, 3.8) is 0 Å². The summed E-state index contributed by atoms with van der Waals surface area (Å²) >= 11 is 2.79. The Morgan fingerprint density at radius 1 is 1.33 bits per heavy atom. The van der Waals surface area contributed by atoms with E-state index in [1.807, 2.05) is 0 Å². The molecule has 0 aliphatic carbocycles. The average Bonchev–Trinajstić information content (AvgIpc) is 2.26. The Morgan fingerprint density at radius 3 is 2.40 bits per heavy atom. The number of rotatable bonds is 4. The molecule has 0 amide bonds. The van der Waals surface area contributed by atoms with Crippen LogP contribution in [0, 0.1) is 0 Å². The topological polar surface area (TPSA) is 55.8 Å². The first-order valence-corrected chi connectivity index (χ1v) is 5.10. The summed E-state index contributed by atoms with van der Waals surface area (Å²) in [7, 11) is 3.00. The number of Topliss-reactive ketones (excluding diaryl/α,β-unsaturated/α-hetero) is 1. The van der Waals surface area contributed by atoms with Crippen LogP contribution in [0.25, 0.3) is 0 Å². The molecule has 5 heteroatoms. The summed E-state index contributed by atoms with van der Waals surface area (Å²) in [6.07, 6.45) is 0. The number of halogens is 1. The third kappa shape index (κ3) is 2.70. The lowest BCUT2D eigenvalue weighted by molar-refractivity contribution is 0.0875. The minimum Gasteiger partial charge on any atom is -0.493 e. The molecule has 82 valence electrons. The Bertz CT molecular complexity index is 362. The minimum absolute atomic E-state index is 0.358. The molecule has 0 radical (unpaired) electrons. The van der Waals surface area contributed by atoms with E-state index in [-0.39, 0.29) is 0 Å². The summed E-state index contributed by atoms with van der Waals surface area (Å²) in [6, 6.07) is 4.70. The number of methoxy groups -OCH3 is 2. The fourth-order valence-electron chi connectivity index (χ4n) is 1.13. The van der Waals surface area contributed by atoms with Crippen LogP contribution in [0.3, 0.4) is 0 Å². The van der Waals surface area contributed by atoms with E-state index in [1.165, 1.54) is 20.3 Å². The van der Waals surface area contributed by atoms with Crippen molar-refractivity contribution < 1.29 is 19.4 Å². The van der Waals surface area contributed by atoms with Gasteiger partial charge in [0.25, 0.3) is 0 Å². The maximum Gasteiger partial charge on any atom is 0.202 e. The van der Waals surface area contributed by atoms with Crippen molar-refractivity contribution in [3.8, 4) is 11.5 Å². The summed E-state index contributed by atoms with van der Waals surface area (Å²) in [4.78, 5) is 11.4. The number of carbonyl (C=O) groups excluding carboxylic acids is 1. The van der Waals surface area contributed by atoms with Gasteiger partial charge in [0.2, 0.25) is 5.78 Å². The molecular weight excluding hydrogens is 264 g/mol. The second kappa shape index (κ2) is 5.14. The van der Waals surface area contributed by atoms with Crippen molar-refractivity contribution in [2.45, 2.75) is 5.01 Å². The van der Waals surface area contributed by atoms with Crippen LogP contribution in [-0.2, 0) is 0 Å². The van der Waals surface area contributed by atoms with Gasteiger partial charge in [-0.3, -0.25) is 4.79 Å². The van der Waals surface area contributed by atoms with E-state index in [0.29, 0.717) is 17.1 Å². The number of hydrogen-bond acceptors (Lipinski definition) is 4. The highest BCUT2D eigenvalue weighted by Gasteiger charge is 2.15. The van der Waals surface area contributed by atoms with E-state index in [2.05, 4.69) is 15.9 Å². The molecule has 0 bridgehead atoms. The van der Waals surface area contributed by atoms with Gasteiger partial charge in [-0.2, -0.15) is 0 Å². The van der Waals surface area contributed by atoms with E-state index in [0.717, 1.165) is 0 Å². The van der Waals surface area contributed by atoms with Crippen LogP contribution in [0.15, 0.2) is 18.2 Å². The van der Waals surface area contributed by atoms with Gasteiger partial charge in [-0.1, -0.05) is 0 Å². The highest BCUT2D eigenvalue weighted by Crippen LogP contribution is 2.28. The molecule has 0 aliphatic heterocycles. The zero-order valence-electron chi connectivity index (χ0n) is 8.36. The largest absolute Gasteiger partial charge is 0.493 e. The molecule has 0 fully saturated rings. The molecule has 1 aromatic carbocycles. The number of aliphatic hydroxyl groups excluding tert-OH is 1. The van der Waals surface area contributed by atoms with E-state index in [1.54, 1.807) is 12.1 Å². The molecule has 0 spiro atoms. The highest BCUT2D eigenvalue weighted by molar-refractivity contribution is 9.09. The lowest BCUT2D eigenvalue weighted by atomic mass is 10.1. The molecule has 1 unspecified atom stereocenters. The van der Waals surface area contributed by atoms with Gasteiger partial charge in [0.1, 0.15) is 0 Å². The average molecular weight is 275 g/mol. The van der Waals surface area contributed by atoms with E-state index in [9.17, 15) is 4.79 Å². The Labute approximate surface area is 95.9 Å². The summed E-state index contributed by atoms with van der Waals surface area (Å²) in [5, 5.41) is 7.86. The number of hydrogen-bond donors (Lipinski definition) is 1. The van der Waals surface area contributed by atoms with Gasteiger partial charge in [-0.05, 0) is 34.1 Å². The molecule has 0 aliphatic rings. The van der Waals surface area contributed by atoms with Crippen molar-refractivity contribution in [3.05, 3.63) is 23.8 Å². The first-order valence-electron chi connectivity index (χ1n) is 4.18. The molecule has 0 saturated carbocycles. The van der Waals surface area contributed by atoms with Gasteiger partial charge in [0, 0.05) is 5.56 Å². The van der Waals surface area contributed by atoms with Crippen LogP contribution in [0.5, 0.6) is 11.5 Å². The van der Waals surface area contributed by atoms with E-state index >= 15 is 0 Å². The third-order valence-corrected chi connectivity index (χ3v) is 2.30. The summed E-state index contributed by atoms with van der Waals surface area (Å²) < 4.78 is 10.1. The van der Waals surface area contributed by atoms with Gasteiger partial charge in [0.15, 0.2) is 16.5 Å². The first-order chi connectivity index (χ1) is 7.10. The summed E-state index contributed by atoms with van der Waals surface area (Å²) in [6.45, 7) is 0. The Kier molecular flexibility index (Phi) is 4.11. The fourth-order valence-corrected chi connectivity index (χ4v) is 1.39. The first kappa shape index (κ1) is 12.0. The number of carbonyl (C=O) groups is 1. The maximum atomic E-state index is 11.4. The lowest BCUT2D eigenvalue weighted by Crippen LogP contribution is -2.12. The summed E-state index contributed by atoms with van der Waals surface area (Å²) in [5.74, 6) is 0.575. The third-order valence-electron chi connectivity index (χ3n) is 1.88.